The number of rotatable bonds is 2. The molecule has 0 aliphatic carbocycles. The van der Waals surface area contributed by atoms with E-state index < -0.39 is 0 Å². The number of nitrogens with zero attached hydrogens (tertiary/aromatic N) is 2. The molecule has 6 heterocycles. The standard InChI is InChI=1S/C21H22N2O3S/c24-21(15-5-8-27-11-15)23-10-16(14-1-2-17-18(9-14)26-12-25-17)20-19(23)13-3-6-22(20)7-4-13/h1-2,5,8-9,11,13,16,19-20H,3-4,6-7,10,12H2/t16-,19+,20+/m0/s1. The van der Waals surface area contributed by atoms with Crippen LogP contribution in [0.25, 0.3) is 0 Å². The number of ether oxygens (including phenoxy) is 2. The average Bonchev–Trinajstić information content (AvgIpc) is 3.47. The molecule has 5 aliphatic heterocycles. The fraction of sp³-hybridized carbons (Fsp3) is 0.476. The lowest BCUT2D eigenvalue weighted by Gasteiger charge is -2.51. The summed E-state index contributed by atoms with van der Waals surface area (Å²) < 4.78 is 11.1. The minimum absolute atomic E-state index is 0.197. The molecule has 4 fully saturated rings. The van der Waals surface area contributed by atoms with Crippen LogP contribution in [0.15, 0.2) is 35.0 Å². The van der Waals surface area contributed by atoms with Gasteiger partial charge in [0.1, 0.15) is 0 Å². The maximum atomic E-state index is 13.3. The molecule has 1 aromatic heterocycles. The van der Waals surface area contributed by atoms with E-state index in [4.69, 9.17) is 9.47 Å². The van der Waals surface area contributed by atoms with Crippen LogP contribution in [-0.2, 0) is 0 Å². The second-order valence-electron chi connectivity index (χ2n) is 8.04. The maximum Gasteiger partial charge on any atom is 0.255 e. The van der Waals surface area contributed by atoms with Crippen LogP contribution in [-0.4, -0.2) is 54.2 Å². The van der Waals surface area contributed by atoms with E-state index in [1.54, 1.807) is 11.3 Å². The molecule has 3 atom stereocenters. The number of hydrogen-bond acceptors (Lipinski definition) is 5. The van der Waals surface area contributed by atoms with Crippen molar-refractivity contribution in [3.63, 3.8) is 0 Å². The van der Waals surface area contributed by atoms with Crippen molar-refractivity contribution in [1.82, 2.24) is 9.80 Å². The van der Waals surface area contributed by atoms with E-state index in [9.17, 15) is 4.79 Å². The molecular formula is C21H22N2O3S. The number of piperidine rings is 3. The summed E-state index contributed by atoms with van der Waals surface area (Å²) in [7, 11) is 0. The zero-order valence-corrected chi connectivity index (χ0v) is 15.9. The van der Waals surface area contributed by atoms with Gasteiger partial charge in [-0.25, -0.2) is 0 Å². The molecule has 0 unspecified atom stereocenters. The monoisotopic (exact) mass is 382 g/mol. The second-order valence-corrected chi connectivity index (χ2v) is 8.82. The third-order valence-corrected chi connectivity index (χ3v) is 7.53. The smallest absolute Gasteiger partial charge is 0.255 e. The molecule has 0 spiro atoms. The quantitative estimate of drug-likeness (QED) is 0.800. The van der Waals surface area contributed by atoms with E-state index in [0.29, 0.717) is 30.7 Å². The molecule has 27 heavy (non-hydrogen) atoms. The largest absolute Gasteiger partial charge is 0.454 e. The molecule has 4 saturated heterocycles. The van der Waals surface area contributed by atoms with Crippen molar-refractivity contribution in [1.29, 1.82) is 0 Å². The summed E-state index contributed by atoms with van der Waals surface area (Å²) in [6.07, 6.45) is 2.42. The number of hydrogen-bond donors (Lipinski definition) is 0. The third kappa shape index (κ3) is 2.36. The van der Waals surface area contributed by atoms with Crippen LogP contribution in [0.4, 0.5) is 0 Å². The zero-order valence-electron chi connectivity index (χ0n) is 15.0. The second kappa shape index (κ2) is 5.97. The Balaban J connectivity index is 1.39. The highest BCUT2D eigenvalue weighted by atomic mass is 32.1. The Morgan fingerprint density at radius 1 is 1.07 bits per heavy atom. The van der Waals surface area contributed by atoms with Crippen molar-refractivity contribution in [2.45, 2.75) is 30.8 Å². The number of benzene rings is 1. The molecular weight excluding hydrogens is 360 g/mol. The highest BCUT2D eigenvalue weighted by Crippen LogP contribution is 2.48. The number of amides is 1. The normalized spacial score (nSPS) is 33.3. The molecule has 0 N–H and O–H groups in total. The fourth-order valence-corrected chi connectivity index (χ4v) is 6.27. The highest BCUT2D eigenvalue weighted by Gasteiger charge is 2.54. The first-order valence-corrected chi connectivity index (χ1v) is 10.7. The van der Waals surface area contributed by atoms with Gasteiger partial charge in [0.25, 0.3) is 5.91 Å². The molecule has 6 heteroatoms. The van der Waals surface area contributed by atoms with E-state index in [2.05, 4.69) is 21.9 Å². The van der Waals surface area contributed by atoms with Crippen molar-refractivity contribution in [3.8, 4) is 11.5 Å². The van der Waals surface area contributed by atoms with Crippen molar-refractivity contribution < 1.29 is 14.3 Å². The fourth-order valence-electron chi connectivity index (χ4n) is 5.64. The predicted octanol–water partition coefficient (Wildman–Crippen LogP) is 3.18. The Hall–Kier alpha value is -2.05. The summed E-state index contributed by atoms with van der Waals surface area (Å²) >= 11 is 1.59. The van der Waals surface area contributed by atoms with Crippen LogP contribution in [0, 0.1) is 5.92 Å². The molecule has 0 radical (unpaired) electrons. The molecule has 2 bridgehead atoms. The highest BCUT2D eigenvalue weighted by molar-refractivity contribution is 7.08. The van der Waals surface area contributed by atoms with Gasteiger partial charge in [0.05, 0.1) is 11.6 Å². The van der Waals surface area contributed by atoms with Crippen molar-refractivity contribution in [3.05, 3.63) is 46.2 Å². The van der Waals surface area contributed by atoms with Gasteiger partial charge in [-0.05, 0) is 61.0 Å². The van der Waals surface area contributed by atoms with Gasteiger partial charge in [0.2, 0.25) is 6.79 Å². The van der Waals surface area contributed by atoms with Gasteiger partial charge in [-0.2, -0.15) is 11.3 Å². The van der Waals surface area contributed by atoms with Crippen LogP contribution in [0.5, 0.6) is 11.5 Å². The van der Waals surface area contributed by atoms with E-state index in [1.165, 1.54) is 18.4 Å². The molecule has 5 nitrogen and oxygen atoms in total. The lowest BCUT2D eigenvalue weighted by atomic mass is 9.75. The van der Waals surface area contributed by atoms with Crippen LogP contribution in [0.2, 0.25) is 0 Å². The first kappa shape index (κ1) is 16.0. The summed E-state index contributed by atoms with van der Waals surface area (Å²) in [5.41, 5.74) is 2.10. The minimum atomic E-state index is 0.197. The molecule has 2 aromatic rings. The Labute approximate surface area is 162 Å². The Bertz CT molecular complexity index is 876. The van der Waals surface area contributed by atoms with Crippen LogP contribution in [0.3, 0.4) is 0 Å². The van der Waals surface area contributed by atoms with E-state index in [-0.39, 0.29) is 5.91 Å². The maximum absolute atomic E-state index is 13.3. The van der Waals surface area contributed by atoms with E-state index in [0.717, 1.165) is 36.7 Å². The zero-order chi connectivity index (χ0) is 18.0. The van der Waals surface area contributed by atoms with Gasteiger partial charge >= 0.3 is 0 Å². The number of carbonyl (C=O) groups excluding carboxylic acids is 1. The van der Waals surface area contributed by atoms with Gasteiger partial charge in [-0.15, -0.1) is 0 Å². The Kier molecular flexibility index (Phi) is 3.53. The molecule has 1 aromatic carbocycles. The van der Waals surface area contributed by atoms with Crippen molar-refractivity contribution in [2.24, 2.45) is 5.92 Å². The van der Waals surface area contributed by atoms with E-state index >= 15 is 0 Å². The lowest BCUT2D eigenvalue weighted by Crippen LogP contribution is -2.60. The lowest BCUT2D eigenvalue weighted by molar-refractivity contribution is -0.00339. The van der Waals surface area contributed by atoms with Gasteiger partial charge in [-0.3, -0.25) is 9.69 Å². The van der Waals surface area contributed by atoms with E-state index in [1.807, 2.05) is 22.9 Å². The van der Waals surface area contributed by atoms with Gasteiger partial charge in [0.15, 0.2) is 11.5 Å². The number of likely N-dealkylation sites (tertiary alicyclic amines) is 1. The topological polar surface area (TPSA) is 42.0 Å². The van der Waals surface area contributed by atoms with Crippen molar-refractivity contribution in [2.75, 3.05) is 26.4 Å². The SMILES string of the molecule is O=C(c1ccsc1)N1C[C@@H](c2ccc3c(c2)OCO3)[C@@H]2[C@H]1C1CCN2CC1. The van der Waals surface area contributed by atoms with Gasteiger partial charge < -0.3 is 14.4 Å². The van der Waals surface area contributed by atoms with Crippen LogP contribution < -0.4 is 9.47 Å². The number of thiophene rings is 1. The summed E-state index contributed by atoms with van der Waals surface area (Å²) in [6, 6.07) is 9.02. The summed E-state index contributed by atoms with van der Waals surface area (Å²) in [4.78, 5) is 18.1. The molecule has 7 rings (SSSR count). The van der Waals surface area contributed by atoms with Gasteiger partial charge in [0, 0.05) is 23.9 Å². The predicted molar refractivity (Wildman–Crippen MR) is 103 cm³/mol. The van der Waals surface area contributed by atoms with Crippen LogP contribution >= 0.6 is 11.3 Å². The molecule has 5 aliphatic rings. The number of carbonyl (C=O) groups is 1. The third-order valence-electron chi connectivity index (χ3n) is 6.85. The first-order valence-electron chi connectivity index (χ1n) is 9.76. The summed E-state index contributed by atoms with van der Waals surface area (Å²) in [6.45, 7) is 3.41. The Morgan fingerprint density at radius 3 is 2.74 bits per heavy atom. The number of fused-ring (bicyclic) bond motifs is 3. The van der Waals surface area contributed by atoms with Gasteiger partial charge in [-0.1, -0.05) is 6.07 Å². The Morgan fingerprint density at radius 2 is 1.93 bits per heavy atom. The molecule has 140 valence electrons. The average molecular weight is 382 g/mol. The molecule has 1 amide bonds. The first-order chi connectivity index (χ1) is 13.3. The summed E-state index contributed by atoms with van der Waals surface area (Å²) in [5.74, 6) is 2.81. The van der Waals surface area contributed by atoms with Crippen molar-refractivity contribution >= 4 is 17.2 Å². The van der Waals surface area contributed by atoms with Crippen LogP contribution in [0.1, 0.15) is 34.7 Å². The summed E-state index contributed by atoms with van der Waals surface area (Å²) in [5, 5.41) is 3.97. The minimum Gasteiger partial charge on any atom is -0.454 e. The molecule has 0 saturated carbocycles.